The van der Waals surface area contributed by atoms with Gasteiger partial charge in [-0.3, -0.25) is 0 Å². The van der Waals surface area contributed by atoms with Crippen LogP contribution in [-0.2, 0) is 6.42 Å². The van der Waals surface area contributed by atoms with Gasteiger partial charge in [0, 0.05) is 5.69 Å². The molecule has 0 saturated heterocycles. The predicted octanol–water partition coefficient (Wildman–Crippen LogP) is 2.68. The smallest absolute Gasteiger partial charge is 0.0763 e. The number of hydrogen-bond acceptors (Lipinski definition) is 1. The van der Waals surface area contributed by atoms with Crippen LogP contribution in [0.2, 0.25) is 0 Å². The minimum absolute atomic E-state index is 0.598. The molecule has 0 fully saturated rings. The highest BCUT2D eigenvalue weighted by Gasteiger charge is 1.97. The molecule has 0 aliphatic heterocycles. The average Bonchev–Trinajstić information content (AvgIpc) is 2.17. The van der Waals surface area contributed by atoms with Crippen LogP contribution in [0, 0.1) is 12.3 Å². The molecule has 1 nitrogen and oxygen atoms in total. The van der Waals surface area contributed by atoms with Crippen LogP contribution in [0.4, 0.5) is 5.69 Å². The average molecular weight is 173 g/mol. The van der Waals surface area contributed by atoms with E-state index in [9.17, 15) is 0 Å². The van der Waals surface area contributed by atoms with E-state index in [2.05, 4.69) is 36.4 Å². The Morgan fingerprint density at radius 3 is 2.85 bits per heavy atom. The summed E-state index contributed by atoms with van der Waals surface area (Å²) in [5.41, 5.74) is 2.52. The third-order valence-electron chi connectivity index (χ3n) is 1.92. The second kappa shape index (κ2) is 5.27. The van der Waals surface area contributed by atoms with Crippen LogP contribution >= 0.6 is 0 Å². The fourth-order valence-electron chi connectivity index (χ4n) is 1.33. The molecular weight excluding hydrogens is 158 g/mol. The Labute approximate surface area is 80.2 Å². The third-order valence-corrected chi connectivity index (χ3v) is 1.92. The van der Waals surface area contributed by atoms with Crippen molar-refractivity contribution in [1.29, 1.82) is 0 Å². The molecule has 0 saturated carbocycles. The Kier molecular flexibility index (Phi) is 3.92. The number of nitrogens with one attached hydrogen (secondary N) is 1. The standard InChI is InChI=1S/C12H15N/c1-3-7-11-8-5-6-9-12(11)13-10-4-2/h2,5-6,8-9,13H,3,7,10H2,1H3. The number of hydrogen-bond donors (Lipinski definition) is 1. The normalized spacial score (nSPS) is 9.23. The lowest BCUT2D eigenvalue weighted by Crippen LogP contribution is -2.01. The molecule has 1 N–H and O–H groups in total. The molecule has 0 aromatic heterocycles. The van der Waals surface area contributed by atoms with E-state index < -0.39 is 0 Å². The first-order chi connectivity index (χ1) is 6.38. The van der Waals surface area contributed by atoms with Crippen molar-refractivity contribution in [3.8, 4) is 12.3 Å². The maximum Gasteiger partial charge on any atom is 0.0763 e. The zero-order chi connectivity index (χ0) is 9.52. The van der Waals surface area contributed by atoms with Gasteiger partial charge < -0.3 is 5.32 Å². The molecule has 68 valence electrons. The second-order valence-electron chi connectivity index (χ2n) is 2.96. The summed E-state index contributed by atoms with van der Waals surface area (Å²) in [5, 5.41) is 3.21. The van der Waals surface area contributed by atoms with Crippen molar-refractivity contribution >= 4 is 5.69 Å². The van der Waals surface area contributed by atoms with Crippen LogP contribution in [0.5, 0.6) is 0 Å². The van der Waals surface area contributed by atoms with Gasteiger partial charge in [0.1, 0.15) is 0 Å². The van der Waals surface area contributed by atoms with Gasteiger partial charge in [-0.25, -0.2) is 0 Å². The lowest BCUT2D eigenvalue weighted by Gasteiger charge is -2.08. The maximum absolute atomic E-state index is 5.19. The van der Waals surface area contributed by atoms with Crippen LogP contribution in [0.1, 0.15) is 18.9 Å². The van der Waals surface area contributed by atoms with Crippen molar-refractivity contribution in [3.05, 3.63) is 29.8 Å². The summed E-state index contributed by atoms with van der Waals surface area (Å²) in [6.07, 6.45) is 7.45. The van der Waals surface area contributed by atoms with Crippen LogP contribution < -0.4 is 5.32 Å². The number of benzene rings is 1. The zero-order valence-corrected chi connectivity index (χ0v) is 8.01. The summed E-state index contributed by atoms with van der Waals surface area (Å²) in [6, 6.07) is 8.30. The van der Waals surface area contributed by atoms with E-state index >= 15 is 0 Å². The highest BCUT2D eigenvalue weighted by Crippen LogP contribution is 2.15. The van der Waals surface area contributed by atoms with E-state index in [1.807, 2.05) is 6.07 Å². The number of rotatable bonds is 4. The Morgan fingerprint density at radius 2 is 2.15 bits per heavy atom. The van der Waals surface area contributed by atoms with E-state index in [0.717, 1.165) is 12.8 Å². The number of anilines is 1. The molecule has 0 radical (unpaired) electrons. The van der Waals surface area contributed by atoms with Gasteiger partial charge in [-0.1, -0.05) is 37.5 Å². The first kappa shape index (κ1) is 9.67. The Morgan fingerprint density at radius 1 is 1.38 bits per heavy atom. The van der Waals surface area contributed by atoms with Crippen molar-refractivity contribution in [1.82, 2.24) is 0 Å². The van der Waals surface area contributed by atoms with Gasteiger partial charge in [0.05, 0.1) is 6.54 Å². The van der Waals surface area contributed by atoms with Gasteiger partial charge in [-0.15, -0.1) is 6.42 Å². The summed E-state index contributed by atoms with van der Waals surface area (Å²) >= 11 is 0. The van der Waals surface area contributed by atoms with Crippen molar-refractivity contribution in [2.75, 3.05) is 11.9 Å². The molecule has 0 aliphatic carbocycles. The molecule has 0 aliphatic rings. The highest BCUT2D eigenvalue weighted by atomic mass is 14.9. The SMILES string of the molecule is C#CCNc1ccccc1CCC. The van der Waals surface area contributed by atoms with Gasteiger partial charge in [-0.2, -0.15) is 0 Å². The molecule has 0 bridgehead atoms. The summed E-state index contributed by atoms with van der Waals surface area (Å²) in [5.74, 6) is 2.57. The van der Waals surface area contributed by atoms with Crippen LogP contribution in [0.25, 0.3) is 0 Å². The van der Waals surface area contributed by atoms with E-state index in [1.54, 1.807) is 0 Å². The van der Waals surface area contributed by atoms with Crippen LogP contribution in [-0.4, -0.2) is 6.54 Å². The Balaban J connectivity index is 2.73. The van der Waals surface area contributed by atoms with Crippen LogP contribution in [0.15, 0.2) is 24.3 Å². The van der Waals surface area contributed by atoms with Gasteiger partial charge >= 0.3 is 0 Å². The summed E-state index contributed by atoms with van der Waals surface area (Å²) in [4.78, 5) is 0. The predicted molar refractivity (Wildman–Crippen MR) is 57.8 cm³/mol. The minimum Gasteiger partial charge on any atom is -0.374 e. The lowest BCUT2D eigenvalue weighted by atomic mass is 10.1. The van der Waals surface area contributed by atoms with E-state index in [-0.39, 0.29) is 0 Å². The van der Waals surface area contributed by atoms with Crippen molar-refractivity contribution in [2.45, 2.75) is 19.8 Å². The van der Waals surface area contributed by atoms with Gasteiger partial charge in [-0.05, 0) is 18.1 Å². The van der Waals surface area contributed by atoms with Gasteiger partial charge in [0.25, 0.3) is 0 Å². The fraction of sp³-hybridized carbons (Fsp3) is 0.333. The van der Waals surface area contributed by atoms with Gasteiger partial charge in [0.2, 0.25) is 0 Å². The number of para-hydroxylation sites is 1. The Bertz CT molecular complexity index is 296. The first-order valence-corrected chi connectivity index (χ1v) is 4.63. The first-order valence-electron chi connectivity index (χ1n) is 4.63. The zero-order valence-electron chi connectivity index (χ0n) is 8.01. The molecule has 1 rings (SSSR count). The molecule has 13 heavy (non-hydrogen) atoms. The highest BCUT2D eigenvalue weighted by molar-refractivity contribution is 5.51. The maximum atomic E-state index is 5.19. The fourth-order valence-corrected chi connectivity index (χ4v) is 1.33. The monoisotopic (exact) mass is 173 g/mol. The summed E-state index contributed by atoms with van der Waals surface area (Å²) < 4.78 is 0. The van der Waals surface area contributed by atoms with Crippen molar-refractivity contribution in [3.63, 3.8) is 0 Å². The van der Waals surface area contributed by atoms with E-state index in [0.29, 0.717) is 6.54 Å². The number of terminal acetylenes is 1. The Hall–Kier alpha value is -1.42. The second-order valence-corrected chi connectivity index (χ2v) is 2.96. The number of aryl methyl sites for hydroxylation is 1. The third kappa shape index (κ3) is 2.83. The molecule has 1 aromatic carbocycles. The molecule has 0 heterocycles. The molecule has 1 aromatic rings. The molecule has 0 amide bonds. The quantitative estimate of drug-likeness (QED) is 0.690. The molecule has 0 unspecified atom stereocenters. The molecule has 0 atom stereocenters. The van der Waals surface area contributed by atoms with Crippen molar-refractivity contribution < 1.29 is 0 Å². The summed E-state index contributed by atoms with van der Waals surface area (Å²) in [7, 11) is 0. The summed E-state index contributed by atoms with van der Waals surface area (Å²) in [6.45, 7) is 2.78. The minimum atomic E-state index is 0.598. The molecule has 1 heteroatoms. The largest absolute Gasteiger partial charge is 0.374 e. The van der Waals surface area contributed by atoms with E-state index in [4.69, 9.17) is 6.42 Å². The van der Waals surface area contributed by atoms with Crippen molar-refractivity contribution in [2.24, 2.45) is 0 Å². The van der Waals surface area contributed by atoms with E-state index in [1.165, 1.54) is 11.3 Å². The topological polar surface area (TPSA) is 12.0 Å². The lowest BCUT2D eigenvalue weighted by molar-refractivity contribution is 0.922. The van der Waals surface area contributed by atoms with Gasteiger partial charge in [0.15, 0.2) is 0 Å². The molecular formula is C12H15N. The van der Waals surface area contributed by atoms with Crippen LogP contribution in [0.3, 0.4) is 0 Å². The molecule has 0 spiro atoms.